The molecule has 1 heterocycles. The summed E-state index contributed by atoms with van der Waals surface area (Å²) in [6.07, 6.45) is 2.13. The molecule has 1 N–H and O–H groups in total. The van der Waals surface area contributed by atoms with Crippen LogP contribution in [0.4, 0.5) is 0 Å². The van der Waals surface area contributed by atoms with Crippen LogP contribution < -0.4 is 19.5 Å². The summed E-state index contributed by atoms with van der Waals surface area (Å²) in [5, 5.41) is 3.05. The van der Waals surface area contributed by atoms with Gasteiger partial charge in [0.15, 0.2) is 11.5 Å². The van der Waals surface area contributed by atoms with Crippen LogP contribution in [0.1, 0.15) is 48.9 Å². The van der Waals surface area contributed by atoms with Crippen molar-refractivity contribution in [1.29, 1.82) is 0 Å². The molecule has 1 unspecified atom stereocenters. The first kappa shape index (κ1) is 20.1. The van der Waals surface area contributed by atoms with Gasteiger partial charge in [-0.25, -0.2) is 0 Å². The van der Waals surface area contributed by atoms with Crippen molar-refractivity contribution in [3.63, 3.8) is 0 Å². The standard InChI is InChI=1S/C23H29NO4/c1-16-7-8-17(2)21(14-16)26-11-5-4-6-23(25)24-18(3)19-9-10-20-22(15-19)28-13-12-27-20/h7-10,14-15,18H,4-6,11-13H2,1-3H3,(H,24,25). The first-order chi connectivity index (χ1) is 13.5. The third-order valence-electron chi connectivity index (χ3n) is 4.84. The Morgan fingerprint density at radius 3 is 2.68 bits per heavy atom. The molecule has 1 amide bonds. The topological polar surface area (TPSA) is 56.8 Å². The van der Waals surface area contributed by atoms with Crippen molar-refractivity contribution in [3.8, 4) is 17.2 Å². The van der Waals surface area contributed by atoms with Crippen molar-refractivity contribution in [1.82, 2.24) is 5.32 Å². The Bertz CT molecular complexity index is 818. The molecule has 0 aliphatic carbocycles. The highest BCUT2D eigenvalue weighted by Crippen LogP contribution is 2.32. The van der Waals surface area contributed by atoms with E-state index >= 15 is 0 Å². The van der Waals surface area contributed by atoms with Gasteiger partial charge in [-0.2, -0.15) is 0 Å². The third kappa shape index (κ3) is 5.41. The minimum Gasteiger partial charge on any atom is -0.493 e. The number of hydrogen-bond acceptors (Lipinski definition) is 4. The molecule has 2 aromatic carbocycles. The summed E-state index contributed by atoms with van der Waals surface area (Å²) in [6.45, 7) is 7.83. The minimum absolute atomic E-state index is 0.0501. The van der Waals surface area contributed by atoms with Crippen molar-refractivity contribution >= 4 is 5.91 Å². The molecule has 1 aliphatic heterocycles. The van der Waals surface area contributed by atoms with E-state index in [1.807, 2.05) is 32.0 Å². The van der Waals surface area contributed by atoms with Crippen molar-refractivity contribution in [2.45, 2.75) is 46.1 Å². The summed E-state index contributed by atoms with van der Waals surface area (Å²) >= 11 is 0. The quantitative estimate of drug-likeness (QED) is 0.682. The molecule has 5 nitrogen and oxygen atoms in total. The van der Waals surface area contributed by atoms with Gasteiger partial charge in [-0.1, -0.05) is 18.2 Å². The lowest BCUT2D eigenvalue weighted by atomic mass is 10.1. The Morgan fingerprint density at radius 1 is 1.07 bits per heavy atom. The predicted molar refractivity (Wildman–Crippen MR) is 109 cm³/mol. The Morgan fingerprint density at radius 2 is 1.86 bits per heavy atom. The van der Waals surface area contributed by atoms with Crippen LogP contribution in [-0.4, -0.2) is 25.7 Å². The number of ether oxygens (including phenoxy) is 3. The van der Waals surface area contributed by atoms with Crippen LogP contribution >= 0.6 is 0 Å². The van der Waals surface area contributed by atoms with Gasteiger partial charge in [0.25, 0.3) is 0 Å². The second kappa shape index (κ2) is 9.49. The average Bonchev–Trinajstić information content (AvgIpc) is 2.69. The third-order valence-corrected chi connectivity index (χ3v) is 4.84. The maximum atomic E-state index is 12.2. The van der Waals surface area contributed by atoms with Gasteiger partial charge in [-0.3, -0.25) is 4.79 Å². The maximum absolute atomic E-state index is 12.2. The van der Waals surface area contributed by atoms with Crippen LogP contribution in [0.3, 0.4) is 0 Å². The largest absolute Gasteiger partial charge is 0.493 e. The molecule has 3 rings (SSSR count). The molecule has 0 spiro atoms. The van der Waals surface area contributed by atoms with E-state index in [1.54, 1.807) is 0 Å². The Hall–Kier alpha value is -2.69. The number of hydrogen-bond donors (Lipinski definition) is 1. The lowest BCUT2D eigenvalue weighted by Crippen LogP contribution is -2.26. The van der Waals surface area contributed by atoms with Crippen LogP contribution in [-0.2, 0) is 4.79 Å². The number of amides is 1. The van der Waals surface area contributed by atoms with Crippen molar-refractivity contribution in [2.75, 3.05) is 19.8 Å². The molecule has 0 saturated heterocycles. The molecule has 0 saturated carbocycles. The predicted octanol–water partition coefficient (Wildman–Crippen LogP) is 4.50. The van der Waals surface area contributed by atoms with Crippen LogP contribution in [0.15, 0.2) is 36.4 Å². The SMILES string of the molecule is Cc1ccc(C)c(OCCCCC(=O)NC(C)c2ccc3c(c2)OCCO3)c1. The number of carbonyl (C=O) groups is 1. The van der Waals surface area contributed by atoms with E-state index in [0.29, 0.717) is 26.2 Å². The zero-order valence-corrected chi connectivity index (χ0v) is 16.9. The fourth-order valence-electron chi connectivity index (χ4n) is 3.16. The van der Waals surface area contributed by atoms with Crippen LogP contribution in [0.2, 0.25) is 0 Å². The van der Waals surface area contributed by atoms with Crippen molar-refractivity contribution in [3.05, 3.63) is 53.1 Å². The highest BCUT2D eigenvalue weighted by molar-refractivity contribution is 5.76. The molecular weight excluding hydrogens is 354 g/mol. The highest BCUT2D eigenvalue weighted by Gasteiger charge is 2.15. The van der Waals surface area contributed by atoms with E-state index in [4.69, 9.17) is 14.2 Å². The lowest BCUT2D eigenvalue weighted by Gasteiger charge is -2.21. The zero-order chi connectivity index (χ0) is 19.9. The van der Waals surface area contributed by atoms with E-state index in [0.717, 1.165) is 41.2 Å². The Balaban J connectivity index is 1.39. The van der Waals surface area contributed by atoms with Gasteiger partial charge in [0.05, 0.1) is 12.6 Å². The molecule has 0 bridgehead atoms. The van der Waals surface area contributed by atoms with Crippen LogP contribution in [0.5, 0.6) is 17.2 Å². The van der Waals surface area contributed by atoms with E-state index < -0.39 is 0 Å². The summed E-state index contributed by atoms with van der Waals surface area (Å²) in [5.74, 6) is 2.48. The zero-order valence-electron chi connectivity index (χ0n) is 16.9. The van der Waals surface area contributed by atoms with Crippen molar-refractivity contribution in [2.24, 2.45) is 0 Å². The molecule has 28 heavy (non-hydrogen) atoms. The summed E-state index contributed by atoms with van der Waals surface area (Å²) < 4.78 is 17.0. The summed E-state index contributed by atoms with van der Waals surface area (Å²) in [5.41, 5.74) is 3.33. The summed E-state index contributed by atoms with van der Waals surface area (Å²) in [4.78, 5) is 12.2. The van der Waals surface area contributed by atoms with E-state index in [1.165, 1.54) is 5.56 Å². The number of carbonyl (C=O) groups excluding carboxylic acids is 1. The van der Waals surface area contributed by atoms with E-state index in [9.17, 15) is 4.79 Å². The molecule has 2 aromatic rings. The minimum atomic E-state index is -0.0745. The van der Waals surface area contributed by atoms with Gasteiger partial charge in [-0.15, -0.1) is 0 Å². The van der Waals surface area contributed by atoms with Gasteiger partial charge in [0, 0.05) is 6.42 Å². The number of nitrogens with one attached hydrogen (secondary N) is 1. The smallest absolute Gasteiger partial charge is 0.220 e. The Labute approximate surface area is 167 Å². The second-order valence-electron chi connectivity index (χ2n) is 7.27. The molecular formula is C23H29NO4. The monoisotopic (exact) mass is 383 g/mol. The Kier molecular flexibility index (Phi) is 6.80. The van der Waals surface area contributed by atoms with Crippen LogP contribution in [0, 0.1) is 13.8 Å². The van der Waals surface area contributed by atoms with E-state index in [-0.39, 0.29) is 11.9 Å². The first-order valence-corrected chi connectivity index (χ1v) is 9.92. The number of rotatable bonds is 8. The summed E-state index contributed by atoms with van der Waals surface area (Å²) in [7, 11) is 0. The molecule has 5 heteroatoms. The fourth-order valence-corrected chi connectivity index (χ4v) is 3.16. The van der Waals surface area contributed by atoms with Crippen molar-refractivity contribution < 1.29 is 19.0 Å². The molecule has 0 fully saturated rings. The maximum Gasteiger partial charge on any atom is 0.220 e. The van der Waals surface area contributed by atoms with Gasteiger partial charge < -0.3 is 19.5 Å². The summed E-state index contributed by atoms with van der Waals surface area (Å²) in [6, 6.07) is 11.9. The molecule has 0 aromatic heterocycles. The van der Waals surface area contributed by atoms with E-state index in [2.05, 4.69) is 30.4 Å². The number of benzene rings is 2. The van der Waals surface area contributed by atoms with Crippen LogP contribution in [0.25, 0.3) is 0 Å². The number of unbranched alkanes of at least 4 members (excludes halogenated alkanes) is 1. The molecule has 0 radical (unpaired) electrons. The molecule has 150 valence electrons. The average molecular weight is 383 g/mol. The number of aryl methyl sites for hydroxylation is 2. The first-order valence-electron chi connectivity index (χ1n) is 9.92. The second-order valence-corrected chi connectivity index (χ2v) is 7.27. The van der Waals surface area contributed by atoms with Gasteiger partial charge in [0.1, 0.15) is 19.0 Å². The van der Waals surface area contributed by atoms with Gasteiger partial charge in [0.2, 0.25) is 5.91 Å². The molecule has 1 atom stereocenters. The highest BCUT2D eigenvalue weighted by atomic mass is 16.6. The van der Waals surface area contributed by atoms with Gasteiger partial charge in [-0.05, 0) is 68.5 Å². The number of fused-ring (bicyclic) bond motifs is 1. The normalized spacial score (nSPS) is 13.7. The fraction of sp³-hybridized carbons (Fsp3) is 0.435. The lowest BCUT2D eigenvalue weighted by molar-refractivity contribution is -0.121. The molecule has 1 aliphatic rings. The van der Waals surface area contributed by atoms with Gasteiger partial charge >= 0.3 is 0 Å².